The van der Waals surface area contributed by atoms with Crippen LogP contribution in [0.3, 0.4) is 0 Å². The van der Waals surface area contributed by atoms with Crippen molar-refractivity contribution in [3.8, 4) is 11.8 Å². The first-order chi connectivity index (χ1) is 8.33. The van der Waals surface area contributed by atoms with Gasteiger partial charge in [-0.2, -0.15) is 5.10 Å². The minimum absolute atomic E-state index is 0.481. The molecular weight excluding hydrogens is 212 g/mol. The van der Waals surface area contributed by atoms with Gasteiger partial charge in [0.1, 0.15) is 5.69 Å². The summed E-state index contributed by atoms with van der Waals surface area (Å²) in [6.07, 6.45) is 4.70. The van der Waals surface area contributed by atoms with E-state index in [2.05, 4.69) is 33.9 Å². The third-order valence-corrected chi connectivity index (χ3v) is 3.07. The molecule has 1 unspecified atom stereocenters. The van der Waals surface area contributed by atoms with Gasteiger partial charge in [0.25, 0.3) is 0 Å². The summed E-state index contributed by atoms with van der Waals surface area (Å²) in [6, 6.07) is 3.81. The van der Waals surface area contributed by atoms with Gasteiger partial charge in [-0.15, -0.1) is 0 Å². The van der Waals surface area contributed by atoms with E-state index >= 15 is 0 Å². The Morgan fingerprint density at radius 3 is 3.24 bits per heavy atom. The molecule has 2 aromatic rings. The van der Waals surface area contributed by atoms with Crippen molar-refractivity contribution in [1.29, 1.82) is 0 Å². The Kier molecular flexibility index (Phi) is 2.54. The summed E-state index contributed by atoms with van der Waals surface area (Å²) in [5, 5.41) is 4.24. The summed E-state index contributed by atoms with van der Waals surface area (Å²) in [6.45, 7) is 2.21. The Morgan fingerprint density at radius 2 is 2.41 bits per heavy atom. The maximum absolute atomic E-state index is 4.27. The average molecular weight is 226 g/mol. The van der Waals surface area contributed by atoms with E-state index in [0.717, 1.165) is 30.9 Å². The van der Waals surface area contributed by atoms with Crippen LogP contribution in [-0.2, 0) is 0 Å². The lowest BCUT2D eigenvalue weighted by atomic mass is 10.1. The van der Waals surface area contributed by atoms with Crippen LogP contribution in [0.2, 0.25) is 0 Å². The first-order valence-corrected chi connectivity index (χ1v) is 5.82. The van der Waals surface area contributed by atoms with Gasteiger partial charge < -0.3 is 4.90 Å². The van der Waals surface area contributed by atoms with Gasteiger partial charge >= 0.3 is 0 Å². The normalized spacial score (nSPS) is 20.4. The zero-order valence-corrected chi connectivity index (χ0v) is 9.80. The number of rotatable bonds is 0. The second kappa shape index (κ2) is 4.19. The number of nitrogens with zero attached hydrogens (tertiary/aromatic N) is 4. The highest BCUT2D eigenvalue weighted by Gasteiger charge is 2.16. The van der Waals surface area contributed by atoms with Crippen molar-refractivity contribution in [1.82, 2.24) is 19.5 Å². The molecule has 0 bridgehead atoms. The number of fused-ring (bicyclic) bond motifs is 1. The molecule has 0 aliphatic carbocycles. The van der Waals surface area contributed by atoms with E-state index in [0.29, 0.717) is 5.92 Å². The number of hydrogen-bond donors (Lipinski definition) is 0. The smallest absolute Gasteiger partial charge is 0.154 e. The highest BCUT2D eigenvalue weighted by Crippen LogP contribution is 2.13. The standard InChI is InChI=1S/C13H14N4/c1-16-8-6-11(10-16)4-5-12-9-14-13-3-2-7-15-17(12)13/h2-3,7,9,11H,6,8,10H2,1H3. The van der Waals surface area contributed by atoms with Crippen molar-refractivity contribution in [2.45, 2.75) is 6.42 Å². The van der Waals surface area contributed by atoms with E-state index in [-0.39, 0.29) is 0 Å². The van der Waals surface area contributed by atoms with Crippen molar-refractivity contribution in [2.75, 3.05) is 20.1 Å². The zero-order valence-electron chi connectivity index (χ0n) is 9.80. The third-order valence-electron chi connectivity index (χ3n) is 3.07. The Balaban J connectivity index is 1.88. The molecule has 1 atom stereocenters. The van der Waals surface area contributed by atoms with Gasteiger partial charge in [-0.05, 0) is 38.1 Å². The highest BCUT2D eigenvalue weighted by atomic mass is 15.2. The van der Waals surface area contributed by atoms with Crippen LogP contribution in [0.15, 0.2) is 24.5 Å². The van der Waals surface area contributed by atoms with E-state index in [1.807, 2.05) is 12.1 Å². The molecule has 1 saturated heterocycles. The van der Waals surface area contributed by atoms with E-state index in [4.69, 9.17) is 0 Å². The number of aromatic nitrogens is 3. The molecule has 1 aliphatic heterocycles. The quantitative estimate of drug-likeness (QED) is 0.629. The van der Waals surface area contributed by atoms with Crippen molar-refractivity contribution in [2.24, 2.45) is 5.92 Å². The second-order valence-electron chi connectivity index (χ2n) is 4.45. The lowest BCUT2D eigenvalue weighted by molar-refractivity contribution is 0.409. The van der Waals surface area contributed by atoms with Crippen molar-refractivity contribution < 1.29 is 0 Å². The molecule has 86 valence electrons. The molecule has 1 aliphatic rings. The number of likely N-dealkylation sites (tertiary alicyclic amines) is 1. The van der Waals surface area contributed by atoms with E-state index in [9.17, 15) is 0 Å². The fraction of sp³-hybridized carbons (Fsp3) is 0.385. The molecular formula is C13H14N4. The summed E-state index contributed by atoms with van der Waals surface area (Å²) in [4.78, 5) is 6.58. The van der Waals surface area contributed by atoms with Crippen molar-refractivity contribution in [3.63, 3.8) is 0 Å². The van der Waals surface area contributed by atoms with Gasteiger partial charge in [0.15, 0.2) is 5.65 Å². The first-order valence-electron chi connectivity index (χ1n) is 5.82. The lowest BCUT2D eigenvalue weighted by Gasteiger charge is -2.03. The fourth-order valence-corrected chi connectivity index (χ4v) is 2.14. The Bertz CT molecular complexity index is 590. The van der Waals surface area contributed by atoms with E-state index in [1.165, 1.54) is 0 Å². The fourth-order valence-electron chi connectivity index (χ4n) is 2.14. The Labute approximate surface area is 100 Å². The van der Waals surface area contributed by atoms with Gasteiger partial charge in [-0.1, -0.05) is 5.92 Å². The number of imidazole rings is 1. The lowest BCUT2D eigenvalue weighted by Crippen LogP contribution is -2.13. The van der Waals surface area contributed by atoms with Gasteiger partial charge in [-0.3, -0.25) is 0 Å². The molecule has 4 heteroatoms. The number of hydrogen-bond acceptors (Lipinski definition) is 3. The molecule has 17 heavy (non-hydrogen) atoms. The molecule has 1 fully saturated rings. The predicted octanol–water partition coefficient (Wildman–Crippen LogP) is 1.03. The zero-order chi connectivity index (χ0) is 11.7. The van der Waals surface area contributed by atoms with Crippen molar-refractivity contribution in [3.05, 3.63) is 30.2 Å². The molecule has 0 N–H and O–H groups in total. The monoisotopic (exact) mass is 226 g/mol. The van der Waals surface area contributed by atoms with Crippen LogP contribution >= 0.6 is 0 Å². The molecule has 0 spiro atoms. The van der Waals surface area contributed by atoms with Crippen LogP contribution in [0.1, 0.15) is 12.1 Å². The molecule has 0 aromatic carbocycles. The first kappa shape index (κ1) is 10.3. The van der Waals surface area contributed by atoms with Gasteiger partial charge in [0, 0.05) is 18.7 Å². The molecule has 0 radical (unpaired) electrons. The van der Waals surface area contributed by atoms with Crippen molar-refractivity contribution >= 4 is 5.65 Å². The average Bonchev–Trinajstić information content (AvgIpc) is 2.93. The molecule has 0 saturated carbocycles. The minimum Gasteiger partial charge on any atom is -0.305 e. The third kappa shape index (κ3) is 2.02. The maximum Gasteiger partial charge on any atom is 0.154 e. The molecule has 0 amide bonds. The highest BCUT2D eigenvalue weighted by molar-refractivity contribution is 5.42. The summed E-state index contributed by atoms with van der Waals surface area (Å²) >= 11 is 0. The van der Waals surface area contributed by atoms with Crippen LogP contribution in [0.25, 0.3) is 5.65 Å². The summed E-state index contributed by atoms with van der Waals surface area (Å²) in [5.74, 6) is 6.99. The van der Waals surface area contributed by atoms with Gasteiger partial charge in [0.05, 0.1) is 6.20 Å². The van der Waals surface area contributed by atoms with Gasteiger partial charge in [0.2, 0.25) is 0 Å². The minimum atomic E-state index is 0.481. The summed E-state index contributed by atoms with van der Waals surface area (Å²) in [7, 11) is 2.14. The second-order valence-corrected chi connectivity index (χ2v) is 4.45. The molecule has 3 rings (SSSR count). The molecule has 3 heterocycles. The topological polar surface area (TPSA) is 33.4 Å². The van der Waals surface area contributed by atoms with Crippen LogP contribution in [0.5, 0.6) is 0 Å². The molecule has 4 nitrogen and oxygen atoms in total. The molecule has 2 aromatic heterocycles. The Hall–Kier alpha value is -1.86. The van der Waals surface area contributed by atoms with Crippen LogP contribution in [0, 0.1) is 17.8 Å². The van der Waals surface area contributed by atoms with Crippen LogP contribution in [-0.4, -0.2) is 39.6 Å². The Morgan fingerprint density at radius 1 is 1.47 bits per heavy atom. The largest absolute Gasteiger partial charge is 0.305 e. The van der Waals surface area contributed by atoms with E-state index < -0.39 is 0 Å². The predicted molar refractivity (Wildman–Crippen MR) is 65.5 cm³/mol. The SMILES string of the molecule is CN1CCC(C#Cc2cnc3cccnn23)C1. The van der Waals surface area contributed by atoms with E-state index in [1.54, 1.807) is 16.9 Å². The van der Waals surface area contributed by atoms with Gasteiger partial charge in [-0.25, -0.2) is 9.50 Å². The summed E-state index contributed by atoms with van der Waals surface area (Å²) in [5.41, 5.74) is 1.72. The van der Waals surface area contributed by atoms with Crippen LogP contribution < -0.4 is 0 Å². The summed E-state index contributed by atoms with van der Waals surface area (Å²) < 4.78 is 1.78. The maximum atomic E-state index is 4.27. The van der Waals surface area contributed by atoms with Crippen LogP contribution in [0.4, 0.5) is 0 Å².